The number of carbonyl (C=O) groups excluding carboxylic acids is 1. The molecule has 2 N–H and O–H groups in total. The van der Waals surface area contributed by atoms with Crippen LogP contribution in [0.3, 0.4) is 0 Å². The SMILES string of the molecule is COc1cnccc1C(=O)Nc1c(C)csc1C(=O)O. The first-order chi connectivity index (χ1) is 9.54. The number of carboxylic acids is 1. The van der Waals surface area contributed by atoms with Crippen LogP contribution < -0.4 is 10.1 Å². The number of aryl methyl sites for hydroxylation is 1. The minimum absolute atomic E-state index is 0.101. The summed E-state index contributed by atoms with van der Waals surface area (Å²) in [7, 11) is 1.44. The lowest BCUT2D eigenvalue weighted by molar-refractivity contribution is 0.0703. The molecule has 0 aliphatic carbocycles. The van der Waals surface area contributed by atoms with Gasteiger partial charge in [-0.25, -0.2) is 4.79 Å². The first kappa shape index (κ1) is 14.0. The van der Waals surface area contributed by atoms with Gasteiger partial charge in [0.25, 0.3) is 5.91 Å². The fourth-order valence-electron chi connectivity index (χ4n) is 1.67. The predicted molar refractivity (Wildman–Crippen MR) is 74.8 cm³/mol. The minimum atomic E-state index is -1.07. The Morgan fingerprint density at radius 1 is 1.45 bits per heavy atom. The second-order valence-electron chi connectivity index (χ2n) is 3.96. The van der Waals surface area contributed by atoms with E-state index < -0.39 is 11.9 Å². The zero-order chi connectivity index (χ0) is 14.7. The summed E-state index contributed by atoms with van der Waals surface area (Å²) in [5.74, 6) is -1.18. The van der Waals surface area contributed by atoms with Crippen molar-refractivity contribution in [2.75, 3.05) is 12.4 Å². The summed E-state index contributed by atoms with van der Waals surface area (Å²) < 4.78 is 5.06. The van der Waals surface area contributed by atoms with Crippen LogP contribution in [0.15, 0.2) is 23.8 Å². The van der Waals surface area contributed by atoms with E-state index in [4.69, 9.17) is 9.84 Å². The van der Waals surface area contributed by atoms with E-state index in [1.807, 2.05) is 0 Å². The number of thiophene rings is 1. The van der Waals surface area contributed by atoms with E-state index in [-0.39, 0.29) is 4.88 Å². The van der Waals surface area contributed by atoms with Crippen LogP contribution in [0.5, 0.6) is 5.75 Å². The van der Waals surface area contributed by atoms with Crippen molar-refractivity contribution in [2.45, 2.75) is 6.92 Å². The van der Waals surface area contributed by atoms with Gasteiger partial charge in [-0.1, -0.05) is 0 Å². The van der Waals surface area contributed by atoms with Crippen LogP contribution in [0, 0.1) is 6.92 Å². The molecule has 2 aromatic heterocycles. The minimum Gasteiger partial charge on any atom is -0.494 e. The molecule has 2 aromatic rings. The van der Waals surface area contributed by atoms with Crippen molar-refractivity contribution in [3.05, 3.63) is 39.8 Å². The maximum Gasteiger partial charge on any atom is 0.348 e. The number of hydrogen-bond acceptors (Lipinski definition) is 5. The normalized spacial score (nSPS) is 10.1. The Hall–Kier alpha value is -2.41. The molecule has 0 saturated heterocycles. The van der Waals surface area contributed by atoms with E-state index in [0.29, 0.717) is 22.6 Å². The average molecular weight is 292 g/mol. The third-order valence-electron chi connectivity index (χ3n) is 2.66. The van der Waals surface area contributed by atoms with Gasteiger partial charge in [0.15, 0.2) is 0 Å². The summed E-state index contributed by atoms with van der Waals surface area (Å²) in [6.07, 6.45) is 2.89. The molecule has 6 nitrogen and oxygen atoms in total. The first-order valence-corrected chi connectivity index (χ1v) is 6.53. The largest absolute Gasteiger partial charge is 0.494 e. The van der Waals surface area contributed by atoms with E-state index in [0.717, 1.165) is 11.3 Å². The monoisotopic (exact) mass is 292 g/mol. The van der Waals surface area contributed by atoms with E-state index >= 15 is 0 Å². The number of carbonyl (C=O) groups is 2. The standard InChI is InChI=1S/C13H12N2O4S/c1-7-6-20-11(13(17)18)10(7)15-12(16)8-3-4-14-5-9(8)19-2/h3-6H,1-2H3,(H,15,16)(H,17,18). The lowest BCUT2D eigenvalue weighted by Crippen LogP contribution is -2.15. The Morgan fingerprint density at radius 3 is 2.85 bits per heavy atom. The maximum atomic E-state index is 12.2. The molecule has 0 radical (unpaired) electrons. The molecule has 0 aliphatic rings. The fourth-order valence-corrected chi connectivity index (χ4v) is 2.51. The molecule has 2 rings (SSSR count). The number of methoxy groups -OCH3 is 1. The molecule has 0 atom stereocenters. The number of nitrogens with zero attached hydrogens (tertiary/aromatic N) is 1. The Morgan fingerprint density at radius 2 is 2.20 bits per heavy atom. The Balaban J connectivity index is 2.33. The van der Waals surface area contributed by atoms with Gasteiger partial charge in [0.2, 0.25) is 0 Å². The highest BCUT2D eigenvalue weighted by Gasteiger charge is 2.19. The van der Waals surface area contributed by atoms with Gasteiger partial charge in [0.05, 0.1) is 24.6 Å². The maximum absolute atomic E-state index is 12.2. The lowest BCUT2D eigenvalue weighted by Gasteiger charge is -2.09. The van der Waals surface area contributed by atoms with Gasteiger partial charge in [-0.3, -0.25) is 9.78 Å². The number of hydrogen-bond donors (Lipinski definition) is 2. The smallest absolute Gasteiger partial charge is 0.348 e. The van der Waals surface area contributed by atoms with E-state index in [1.165, 1.54) is 25.6 Å². The predicted octanol–water partition coefficient (Wildman–Crippen LogP) is 2.41. The molecule has 20 heavy (non-hydrogen) atoms. The number of pyridine rings is 1. The van der Waals surface area contributed by atoms with Gasteiger partial charge in [-0.15, -0.1) is 11.3 Å². The Bertz CT molecular complexity index is 666. The summed E-state index contributed by atoms with van der Waals surface area (Å²) in [5.41, 5.74) is 1.31. The molecule has 1 amide bonds. The van der Waals surface area contributed by atoms with Crippen molar-refractivity contribution < 1.29 is 19.4 Å². The highest BCUT2D eigenvalue weighted by atomic mass is 32.1. The summed E-state index contributed by atoms with van der Waals surface area (Å²) in [5, 5.41) is 13.4. The van der Waals surface area contributed by atoms with Crippen molar-refractivity contribution in [1.29, 1.82) is 0 Å². The molecule has 2 heterocycles. The Kier molecular flexibility index (Phi) is 3.99. The number of ether oxygens (including phenoxy) is 1. The molecule has 0 unspecified atom stereocenters. The first-order valence-electron chi connectivity index (χ1n) is 5.65. The molecule has 0 spiro atoms. The van der Waals surface area contributed by atoms with Crippen molar-refractivity contribution >= 4 is 28.9 Å². The van der Waals surface area contributed by atoms with Crippen LogP contribution in [0.1, 0.15) is 25.6 Å². The molecular weight excluding hydrogens is 280 g/mol. The van der Waals surface area contributed by atoms with Gasteiger partial charge in [0, 0.05) is 6.20 Å². The summed E-state index contributed by atoms with van der Waals surface area (Å²) >= 11 is 1.07. The lowest BCUT2D eigenvalue weighted by atomic mass is 10.2. The van der Waals surface area contributed by atoms with Gasteiger partial charge in [-0.05, 0) is 23.9 Å². The number of aromatic carboxylic acids is 1. The fraction of sp³-hybridized carbons (Fsp3) is 0.154. The molecule has 0 aromatic carbocycles. The summed E-state index contributed by atoms with van der Waals surface area (Å²) in [4.78, 5) is 27.3. The molecule has 104 valence electrons. The van der Waals surface area contributed by atoms with Crippen LogP contribution in [-0.4, -0.2) is 29.1 Å². The molecule has 7 heteroatoms. The van der Waals surface area contributed by atoms with Crippen molar-refractivity contribution in [3.63, 3.8) is 0 Å². The number of nitrogens with one attached hydrogen (secondary N) is 1. The molecule has 0 aliphatic heterocycles. The van der Waals surface area contributed by atoms with Crippen LogP contribution in [-0.2, 0) is 0 Å². The van der Waals surface area contributed by atoms with Crippen molar-refractivity contribution in [3.8, 4) is 5.75 Å². The van der Waals surface area contributed by atoms with Gasteiger partial charge in [-0.2, -0.15) is 0 Å². The van der Waals surface area contributed by atoms with Gasteiger partial charge in [0.1, 0.15) is 10.6 Å². The number of carboxylic acid groups (broad SMARTS) is 1. The topological polar surface area (TPSA) is 88.5 Å². The average Bonchev–Trinajstić information content (AvgIpc) is 2.80. The van der Waals surface area contributed by atoms with Crippen molar-refractivity contribution in [1.82, 2.24) is 4.98 Å². The van der Waals surface area contributed by atoms with Crippen molar-refractivity contribution in [2.24, 2.45) is 0 Å². The number of anilines is 1. The number of aromatic nitrogens is 1. The second kappa shape index (κ2) is 5.70. The molecular formula is C13H12N2O4S. The van der Waals surface area contributed by atoms with Crippen LogP contribution in [0.2, 0.25) is 0 Å². The Labute approximate surface area is 119 Å². The summed E-state index contributed by atoms with van der Waals surface area (Å²) in [6.45, 7) is 1.74. The van der Waals surface area contributed by atoms with E-state index in [2.05, 4.69) is 10.3 Å². The third kappa shape index (κ3) is 2.62. The number of amides is 1. The van der Waals surface area contributed by atoms with Gasteiger partial charge < -0.3 is 15.2 Å². The zero-order valence-electron chi connectivity index (χ0n) is 10.8. The van der Waals surface area contributed by atoms with Gasteiger partial charge >= 0.3 is 5.97 Å². The third-order valence-corrected chi connectivity index (χ3v) is 3.74. The molecule has 0 bridgehead atoms. The van der Waals surface area contributed by atoms with E-state index in [1.54, 1.807) is 12.3 Å². The van der Waals surface area contributed by atoms with E-state index in [9.17, 15) is 9.59 Å². The molecule has 0 fully saturated rings. The van der Waals surface area contributed by atoms with Crippen LogP contribution >= 0.6 is 11.3 Å². The van der Waals surface area contributed by atoms with Crippen LogP contribution in [0.4, 0.5) is 5.69 Å². The quantitative estimate of drug-likeness (QED) is 0.903. The van der Waals surface area contributed by atoms with Crippen LogP contribution in [0.25, 0.3) is 0 Å². The highest BCUT2D eigenvalue weighted by Crippen LogP contribution is 2.28. The highest BCUT2D eigenvalue weighted by molar-refractivity contribution is 7.12. The second-order valence-corrected chi connectivity index (χ2v) is 4.84. The molecule has 0 saturated carbocycles. The number of rotatable bonds is 4. The zero-order valence-corrected chi connectivity index (χ0v) is 11.7. The summed E-state index contributed by atoms with van der Waals surface area (Å²) in [6, 6.07) is 1.51.